The predicted molar refractivity (Wildman–Crippen MR) is 63.5 cm³/mol. The van der Waals surface area contributed by atoms with E-state index in [4.69, 9.17) is 4.84 Å². The molecule has 0 atom stereocenters. The smallest absolute Gasteiger partial charge is 0.0836 e. The molecule has 0 unspecified atom stereocenters. The topological polar surface area (TPSA) is 33.3 Å². The number of halogens is 1. The van der Waals surface area contributed by atoms with Crippen LogP contribution in [0.1, 0.15) is 13.8 Å². The third kappa shape index (κ3) is 3.20. The second-order valence-corrected chi connectivity index (χ2v) is 4.21. The lowest BCUT2D eigenvalue weighted by Crippen LogP contribution is -2.11. The minimum Gasteiger partial charge on any atom is -0.381 e. The van der Waals surface area contributed by atoms with Gasteiger partial charge in [0.15, 0.2) is 0 Å². The first-order valence-electron chi connectivity index (χ1n) is 4.48. The standard InChI is InChI=1S/C10H15BrN2O/c1-7(2)12-10-6-8(11)4-5-9(10)13-14-3/h4-7,12-13H,1-3H3. The summed E-state index contributed by atoms with van der Waals surface area (Å²) < 4.78 is 1.04. The van der Waals surface area contributed by atoms with Crippen molar-refractivity contribution in [3.63, 3.8) is 0 Å². The highest BCUT2D eigenvalue weighted by molar-refractivity contribution is 9.10. The predicted octanol–water partition coefficient (Wildman–Crippen LogP) is 3.24. The van der Waals surface area contributed by atoms with Crippen LogP contribution in [0.3, 0.4) is 0 Å². The van der Waals surface area contributed by atoms with E-state index in [1.807, 2.05) is 18.2 Å². The van der Waals surface area contributed by atoms with Crippen LogP contribution in [-0.2, 0) is 4.84 Å². The van der Waals surface area contributed by atoms with Crippen LogP contribution < -0.4 is 10.8 Å². The summed E-state index contributed by atoms with van der Waals surface area (Å²) in [4.78, 5) is 4.88. The van der Waals surface area contributed by atoms with Crippen molar-refractivity contribution >= 4 is 27.3 Å². The van der Waals surface area contributed by atoms with Gasteiger partial charge in [-0.1, -0.05) is 15.9 Å². The SMILES string of the molecule is CONc1ccc(Br)cc1NC(C)C. The van der Waals surface area contributed by atoms with Crippen LogP contribution in [0.25, 0.3) is 0 Å². The molecule has 0 radical (unpaired) electrons. The third-order valence-electron chi connectivity index (χ3n) is 1.64. The number of hydrogen-bond acceptors (Lipinski definition) is 3. The summed E-state index contributed by atoms with van der Waals surface area (Å²) in [5.41, 5.74) is 4.78. The Kier molecular flexibility index (Phi) is 4.22. The van der Waals surface area contributed by atoms with E-state index < -0.39 is 0 Å². The molecule has 0 aliphatic heterocycles. The molecule has 0 saturated heterocycles. The molecule has 0 fully saturated rings. The van der Waals surface area contributed by atoms with Gasteiger partial charge in [0, 0.05) is 10.5 Å². The molecule has 0 spiro atoms. The average Bonchev–Trinajstić information content (AvgIpc) is 2.09. The largest absolute Gasteiger partial charge is 0.381 e. The summed E-state index contributed by atoms with van der Waals surface area (Å²) in [5.74, 6) is 0. The number of nitrogens with one attached hydrogen (secondary N) is 2. The Labute approximate surface area is 92.9 Å². The van der Waals surface area contributed by atoms with Gasteiger partial charge in [-0.3, -0.25) is 10.3 Å². The van der Waals surface area contributed by atoms with E-state index in [9.17, 15) is 0 Å². The van der Waals surface area contributed by atoms with Crippen LogP contribution in [-0.4, -0.2) is 13.2 Å². The average molecular weight is 259 g/mol. The molecule has 0 bridgehead atoms. The monoisotopic (exact) mass is 258 g/mol. The van der Waals surface area contributed by atoms with Gasteiger partial charge in [-0.25, -0.2) is 0 Å². The summed E-state index contributed by atoms with van der Waals surface area (Å²) in [5, 5.41) is 3.33. The van der Waals surface area contributed by atoms with Crippen LogP contribution in [0, 0.1) is 0 Å². The van der Waals surface area contributed by atoms with Crippen molar-refractivity contribution in [2.24, 2.45) is 0 Å². The van der Waals surface area contributed by atoms with Crippen molar-refractivity contribution in [2.75, 3.05) is 17.9 Å². The summed E-state index contributed by atoms with van der Waals surface area (Å²) >= 11 is 3.43. The first-order valence-corrected chi connectivity index (χ1v) is 5.28. The van der Waals surface area contributed by atoms with E-state index in [1.165, 1.54) is 0 Å². The minimum atomic E-state index is 0.390. The first-order chi connectivity index (χ1) is 6.63. The number of anilines is 2. The molecule has 0 saturated carbocycles. The van der Waals surface area contributed by atoms with Gasteiger partial charge in [0.1, 0.15) is 0 Å². The molecule has 0 heterocycles. The van der Waals surface area contributed by atoms with Gasteiger partial charge >= 0.3 is 0 Å². The van der Waals surface area contributed by atoms with Crippen molar-refractivity contribution < 1.29 is 4.84 Å². The van der Waals surface area contributed by atoms with Crippen LogP contribution in [0.5, 0.6) is 0 Å². The Morgan fingerprint density at radius 1 is 1.29 bits per heavy atom. The molecular weight excluding hydrogens is 244 g/mol. The zero-order valence-electron chi connectivity index (χ0n) is 8.60. The molecular formula is C10H15BrN2O. The second-order valence-electron chi connectivity index (χ2n) is 3.30. The van der Waals surface area contributed by atoms with Gasteiger partial charge in [0.05, 0.1) is 18.5 Å². The lowest BCUT2D eigenvalue weighted by Gasteiger charge is -2.15. The van der Waals surface area contributed by atoms with Crippen LogP contribution >= 0.6 is 15.9 Å². The molecule has 2 N–H and O–H groups in total. The molecule has 1 aromatic rings. The third-order valence-corrected chi connectivity index (χ3v) is 2.13. The highest BCUT2D eigenvalue weighted by Gasteiger charge is 2.03. The van der Waals surface area contributed by atoms with Crippen molar-refractivity contribution in [3.05, 3.63) is 22.7 Å². The molecule has 0 amide bonds. The highest BCUT2D eigenvalue weighted by atomic mass is 79.9. The molecule has 14 heavy (non-hydrogen) atoms. The lowest BCUT2D eigenvalue weighted by molar-refractivity contribution is 0.271. The normalized spacial score (nSPS) is 10.4. The van der Waals surface area contributed by atoms with Crippen molar-refractivity contribution in [2.45, 2.75) is 19.9 Å². The lowest BCUT2D eigenvalue weighted by atomic mass is 10.2. The molecule has 1 aromatic carbocycles. The van der Waals surface area contributed by atoms with Crippen molar-refractivity contribution in [1.82, 2.24) is 0 Å². The van der Waals surface area contributed by atoms with Gasteiger partial charge in [0.25, 0.3) is 0 Å². The number of rotatable bonds is 4. The molecule has 78 valence electrons. The fourth-order valence-electron chi connectivity index (χ4n) is 1.15. The van der Waals surface area contributed by atoms with E-state index in [-0.39, 0.29) is 0 Å². The zero-order valence-corrected chi connectivity index (χ0v) is 10.2. The summed E-state index contributed by atoms with van der Waals surface area (Å²) in [6.45, 7) is 4.19. The Morgan fingerprint density at radius 2 is 2.00 bits per heavy atom. The van der Waals surface area contributed by atoms with Gasteiger partial charge in [-0.15, -0.1) is 0 Å². The van der Waals surface area contributed by atoms with E-state index in [0.29, 0.717) is 6.04 Å². The maximum atomic E-state index is 4.88. The fourth-order valence-corrected chi connectivity index (χ4v) is 1.51. The summed E-state index contributed by atoms with van der Waals surface area (Å²) in [6, 6.07) is 6.33. The summed E-state index contributed by atoms with van der Waals surface area (Å²) in [6.07, 6.45) is 0. The molecule has 4 heteroatoms. The van der Waals surface area contributed by atoms with E-state index in [1.54, 1.807) is 7.11 Å². The van der Waals surface area contributed by atoms with Crippen LogP contribution in [0.2, 0.25) is 0 Å². The molecule has 3 nitrogen and oxygen atoms in total. The van der Waals surface area contributed by atoms with Gasteiger partial charge in [-0.05, 0) is 32.0 Å². The van der Waals surface area contributed by atoms with Crippen molar-refractivity contribution in [1.29, 1.82) is 0 Å². The Bertz CT molecular complexity index is 302. The number of hydrogen-bond donors (Lipinski definition) is 2. The Balaban J connectivity index is 2.90. The molecule has 0 aromatic heterocycles. The fraction of sp³-hybridized carbons (Fsp3) is 0.400. The van der Waals surface area contributed by atoms with E-state index in [2.05, 4.69) is 40.6 Å². The Hall–Kier alpha value is -0.740. The second kappa shape index (κ2) is 5.22. The first kappa shape index (κ1) is 11.3. The molecule has 1 rings (SSSR count). The Morgan fingerprint density at radius 3 is 2.57 bits per heavy atom. The van der Waals surface area contributed by atoms with E-state index in [0.717, 1.165) is 15.8 Å². The molecule has 0 aliphatic carbocycles. The van der Waals surface area contributed by atoms with Gasteiger partial charge < -0.3 is 5.32 Å². The van der Waals surface area contributed by atoms with Crippen LogP contribution in [0.15, 0.2) is 22.7 Å². The van der Waals surface area contributed by atoms with Gasteiger partial charge in [-0.2, -0.15) is 0 Å². The van der Waals surface area contributed by atoms with E-state index >= 15 is 0 Å². The highest BCUT2D eigenvalue weighted by Crippen LogP contribution is 2.26. The quantitative estimate of drug-likeness (QED) is 0.814. The zero-order chi connectivity index (χ0) is 10.6. The van der Waals surface area contributed by atoms with Crippen molar-refractivity contribution in [3.8, 4) is 0 Å². The number of benzene rings is 1. The molecule has 0 aliphatic rings. The minimum absolute atomic E-state index is 0.390. The van der Waals surface area contributed by atoms with Gasteiger partial charge in [0.2, 0.25) is 0 Å². The maximum Gasteiger partial charge on any atom is 0.0836 e. The summed E-state index contributed by atoms with van der Waals surface area (Å²) in [7, 11) is 1.60. The maximum absolute atomic E-state index is 4.88. The van der Waals surface area contributed by atoms with Crippen LogP contribution in [0.4, 0.5) is 11.4 Å².